The van der Waals surface area contributed by atoms with Crippen LogP contribution in [0.2, 0.25) is 0 Å². The molecule has 2 heterocycles. The lowest BCUT2D eigenvalue weighted by Gasteiger charge is -2.09. The smallest absolute Gasteiger partial charge is 0.417 e. The zero-order valence-electron chi connectivity index (χ0n) is 18.2. The number of amides is 1. The molecule has 1 aromatic carbocycles. The second kappa shape index (κ2) is 9.84. The first kappa shape index (κ1) is 23.3. The highest BCUT2D eigenvalue weighted by molar-refractivity contribution is 5.79. The average Bonchev–Trinajstić information content (AvgIpc) is 3.01. The number of nitrogens with zero attached hydrogens (tertiary/aromatic N) is 3. The molecule has 0 aliphatic carbocycles. The molecule has 3 rings (SSSR count). The number of hydrogen-bond donors (Lipinski definition) is 1. The van der Waals surface area contributed by atoms with Crippen molar-refractivity contribution >= 4 is 5.91 Å². The Bertz CT molecular complexity index is 1080. The number of aryl methyl sites for hydroxylation is 2. The minimum absolute atomic E-state index is 0.122. The molecule has 9 heteroatoms. The molecule has 32 heavy (non-hydrogen) atoms. The molecule has 3 aromatic rings. The van der Waals surface area contributed by atoms with Crippen LogP contribution in [-0.4, -0.2) is 33.8 Å². The Morgan fingerprint density at radius 2 is 1.94 bits per heavy atom. The summed E-state index contributed by atoms with van der Waals surface area (Å²) in [6.45, 7) is 6.47. The van der Waals surface area contributed by atoms with Crippen LogP contribution in [0, 0.1) is 20.8 Å². The van der Waals surface area contributed by atoms with E-state index < -0.39 is 11.7 Å². The van der Waals surface area contributed by atoms with Crippen molar-refractivity contribution in [2.45, 2.75) is 39.8 Å². The maximum Gasteiger partial charge on any atom is 0.417 e. The fraction of sp³-hybridized carbons (Fsp3) is 0.348. The Morgan fingerprint density at radius 3 is 2.59 bits per heavy atom. The summed E-state index contributed by atoms with van der Waals surface area (Å²) in [6.07, 6.45) is -2.89. The predicted molar refractivity (Wildman–Crippen MR) is 114 cm³/mol. The summed E-state index contributed by atoms with van der Waals surface area (Å²) >= 11 is 0. The highest BCUT2D eigenvalue weighted by atomic mass is 19.4. The molecule has 0 aliphatic heterocycles. The molecular weight excluding hydrogens is 421 g/mol. The summed E-state index contributed by atoms with van der Waals surface area (Å²) < 4.78 is 45.4. The first-order chi connectivity index (χ1) is 15.1. The number of nitrogens with one attached hydrogen (secondary N) is 1. The second-order valence-corrected chi connectivity index (χ2v) is 7.51. The van der Waals surface area contributed by atoms with Crippen molar-refractivity contribution < 1.29 is 22.7 Å². The monoisotopic (exact) mass is 446 g/mol. The van der Waals surface area contributed by atoms with Crippen LogP contribution in [0.5, 0.6) is 5.75 Å². The van der Waals surface area contributed by atoms with Gasteiger partial charge in [-0.05, 0) is 57.0 Å². The number of alkyl halides is 3. The standard InChI is InChI=1S/C23H25F3N4O2/c1-15-6-4-7-19(12-15)32-11-5-10-27-22(31)13-20-16(2)29-30(17(20)3)21-9-8-18(14-28-21)23(24,25)26/h4,6-9,12,14H,5,10-11,13H2,1-3H3,(H,27,31). The van der Waals surface area contributed by atoms with E-state index >= 15 is 0 Å². The van der Waals surface area contributed by atoms with Gasteiger partial charge in [-0.25, -0.2) is 9.67 Å². The maximum absolute atomic E-state index is 12.8. The maximum atomic E-state index is 12.8. The van der Waals surface area contributed by atoms with Gasteiger partial charge >= 0.3 is 6.18 Å². The number of benzene rings is 1. The SMILES string of the molecule is Cc1cccc(OCCCNC(=O)Cc2c(C)nn(-c3ccc(C(F)(F)F)cn3)c2C)c1. The third kappa shape index (κ3) is 5.87. The van der Waals surface area contributed by atoms with Gasteiger partial charge in [-0.15, -0.1) is 0 Å². The Kier molecular flexibility index (Phi) is 7.17. The van der Waals surface area contributed by atoms with Gasteiger partial charge in [-0.1, -0.05) is 12.1 Å². The summed E-state index contributed by atoms with van der Waals surface area (Å²) in [7, 11) is 0. The van der Waals surface area contributed by atoms with Gasteiger partial charge in [0.05, 0.1) is 24.3 Å². The van der Waals surface area contributed by atoms with Crippen molar-refractivity contribution in [1.82, 2.24) is 20.1 Å². The van der Waals surface area contributed by atoms with E-state index in [1.165, 1.54) is 10.7 Å². The van der Waals surface area contributed by atoms with E-state index in [0.717, 1.165) is 29.1 Å². The Hall–Kier alpha value is -3.36. The Balaban J connectivity index is 1.53. The molecule has 1 amide bonds. The number of hydrogen-bond acceptors (Lipinski definition) is 4. The number of carbonyl (C=O) groups excluding carboxylic acids is 1. The van der Waals surface area contributed by atoms with Crippen LogP contribution in [0.3, 0.4) is 0 Å². The summed E-state index contributed by atoms with van der Waals surface area (Å²) in [5, 5.41) is 7.21. The van der Waals surface area contributed by atoms with E-state index in [-0.39, 0.29) is 18.1 Å². The van der Waals surface area contributed by atoms with E-state index in [9.17, 15) is 18.0 Å². The average molecular weight is 446 g/mol. The number of aromatic nitrogens is 3. The number of ether oxygens (including phenoxy) is 1. The molecule has 0 saturated carbocycles. The van der Waals surface area contributed by atoms with Gasteiger partial charge in [0.2, 0.25) is 5.91 Å². The van der Waals surface area contributed by atoms with E-state index in [0.29, 0.717) is 31.0 Å². The lowest BCUT2D eigenvalue weighted by atomic mass is 10.1. The van der Waals surface area contributed by atoms with Gasteiger partial charge in [0.1, 0.15) is 5.75 Å². The third-order valence-electron chi connectivity index (χ3n) is 4.97. The number of rotatable bonds is 8. The van der Waals surface area contributed by atoms with Crippen molar-refractivity contribution in [3.8, 4) is 11.6 Å². The molecule has 0 unspecified atom stereocenters. The molecule has 0 atom stereocenters. The van der Waals surface area contributed by atoms with Crippen LogP contribution >= 0.6 is 0 Å². The van der Waals surface area contributed by atoms with Gasteiger partial charge in [-0.2, -0.15) is 18.3 Å². The van der Waals surface area contributed by atoms with Crippen LogP contribution in [0.1, 0.15) is 34.5 Å². The van der Waals surface area contributed by atoms with Crippen molar-refractivity contribution in [3.63, 3.8) is 0 Å². The van der Waals surface area contributed by atoms with Crippen LogP contribution in [0.25, 0.3) is 5.82 Å². The molecule has 0 bridgehead atoms. The quantitative estimate of drug-likeness (QED) is 0.523. The molecule has 2 aromatic heterocycles. The van der Waals surface area contributed by atoms with E-state index in [1.807, 2.05) is 31.2 Å². The number of halogens is 3. The van der Waals surface area contributed by atoms with Crippen molar-refractivity contribution in [2.24, 2.45) is 0 Å². The first-order valence-electron chi connectivity index (χ1n) is 10.2. The number of pyridine rings is 1. The minimum Gasteiger partial charge on any atom is -0.494 e. The van der Waals surface area contributed by atoms with Gasteiger partial charge in [0, 0.05) is 24.0 Å². The summed E-state index contributed by atoms with van der Waals surface area (Å²) in [5.74, 6) is 0.900. The fourth-order valence-corrected chi connectivity index (χ4v) is 3.25. The Morgan fingerprint density at radius 1 is 1.16 bits per heavy atom. The highest BCUT2D eigenvalue weighted by Crippen LogP contribution is 2.29. The minimum atomic E-state index is -4.45. The number of carbonyl (C=O) groups is 1. The molecule has 0 aliphatic rings. The van der Waals surface area contributed by atoms with Gasteiger partial charge in [0.25, 0.3) is 0 Å². The predicted octanol–water partition coefficient (Wildman–Crippen LogP) is 4.34. The summed E-state index contributed by atoms with van der Waals surface area (Å²) in [5.41, 5.74) is 2.30. The van der Waals surface area contributed by atoms with Gasteiger partial charge < -0.3 is 10.1 Å². The van der Waals surface area contributed by atoms with Crippen LogP contribution in [-0.2, 0) is 17.4 Å². The fourth-order valence-electron chi connectivity index (χ4n) is 3.25. The van der Waals surface area contributed by atoms with Crippen molar-refractivity contribution in [1.29, 1.82) is 0 Å². The largest absolute Gasteiger partial charge is 0.494 e. The molecule has 170 valence electrons. The molecular formula is C23H25F3N4O2. The Labute approximate surface area is 184 Å². The molecule has 0 fully saturated rings. The van der Waals surface area contributed by atoms with Crippen molar-refractivity contribution in [2.75, 3.05) is 13.2 Å². The first-order valence-corrected chi connectivity index (χ1v) is 10.2. The lowest BCUT2D eigenvalue weighted by molar-refractivity contribution is -0.137. The van der Waals surface area contributed by atoms with Gasteiger partial charge in [0.15, 0.2) is 5.82 Å². The van der Waals surface area contributed by atoms with E-state index in [1.54, 1.807) is 13.8 Å². The molecule has 1 N–H and O–H groups in total. The molecule has 0 spiro atoms. The topological polar surface area (TPSA) is 69.0 Å². The van der Waals surface area contributed by atoms with Crippen LogP contribution < -0.4 is 10.1 Å². The van der Waals surface area contributed by atoms with E-state index in [4.69, 9.17) is 4.74 Å². The van der Waals surface area contributed by atoms with Crippen LogP contribution in [0.15, 0.2) is 42.6 Å². The summed E-state index contributed by atoms with van der Waals surface area (Å²) in [6, 6.07) is 9.99. The lowest BCUT2D eigenvalue weighted by Crippen LogP contribution is -2.27. The van der Waals surface area contributed by atoms with Crippen LogP contribution in [0.4, 0.5) is 13.2 Å². The zero-order valence-corrected chi connectivity index (χ0v) is 18.2. The molecule has 0 saturated heterocycles. The second-order valence-electron chi connectivity index (χ2n) is 7.51. The van der Waals surface area contributed by atoms with Crippen molar-refractivity contribution in [3.05, 3.63) is 70.7 Å². The molecule has 0 radical (unpaired) electrons. The normalized spacial score (nSPS) is 11.4. The zero-order chi connectivity index (χ0) is 23.3. The van der Waals surface area contributed by atoms with Gasteiger partial charge in [-0.3, -0.25) is 4.79 Å². The van der Waals surface area contributed by atoms with E-state index in [2.05, 4.69) is 15.4 Å². The summed E-state index contributed by atoms with van der Waals surface area (Å²) in [4.78, 5) is 16.2. The highest BCUT2D eigenvalue weighted by Gasteiger charge is 2.30. The third-order valence-corrected chi connectivity index (χ3v) is 4.97. The molecule has 6 nitrogen and oxygen atoms in total.